The molecule has 152 valence electrons. The van der Waals surface area contributed by atoms with E-state index in [1.807, 2.05) is 55.5 Å². The SMILES string of the molecule is Cc1oc(-c2ccccc2)nc1CCOc1cccc(CCCSCC(=O)O)c1. The monoisotopic (exact) mass is 411 g/mol. The van der Waals surface area contributed by atoms with E-state index in [0.29, 0.717) is 18.9 Å². The van der Waals surface area contributed by atoms with Gasteiger partial charge in [0.15, 0.2) is 0 Å². The van der Waals surface area contributed by atoms with Crippen LogP contribution in [0.25, 0.3) is 11.5 Å². The number of ether oxygens (including phenoxy) is 1. The Hall–Kier alpha value is -2.73. The highest BCUT2D eigenvalue weighted by Crippen LogP contribution is 2.22. The van der Waals surface area contributed by atoms with Crippen molar-refractivity contribution >= 4 is 17.7 Å². The molecular formula is C23H25NO4S. The minimum Gasteiger partial charge on any atom is -0.493 e. The Morgan fingerprint density at radius 3 is 2.76 bits per heavy atom. The number of carboxylic acids is 1. The van der Waals surface area contributed by atoms with Crippen LogP contribution in [0.5, 0.6) is 5.75 Å². The van der Waals surface area contributed by atoms with Gasteiger partial charge in [-0.25, -0.2) is 4.98 Å². The second-order valence-electron chi connectivity index (χ2n) is 6.68. The first kappa shape index (κ1) is 21.0. The molecule has 0 amide bonds. The van der Waals surface area contributed by atoms with Gasteiger partial charge in [-0.15, -0.1) is 0 Å². The van der Waals surface area contributed by atoms with Crippen molar-refractivity contribution in [1.82, 2.24) is 4.98 Å². The molecule has 0 aliphatic heterocycles. The van der Waals surface area contributed by atoms with E-state index >= 15 is 0 Å². The van der Waals surface area contributed by atoms with Crippen molar-refractivity contribution in [3.05, 3.63) is 71.6 Å². The Morgan fingerprint density at radius 2 is 1.97 bits per heavy atom. The Balaban J connectivity index is 1.47. The summed E-state index contributed by atoms with van der Waals surface area (Å²) >= 11 is 1.45. The van der Waals surface area contributed by atoms with Crippen LogP contribution in [0.15, 0.2) is 59.0 Å². The first-order valence-electron chi connectivity index (χ1n) is 9.65. The fourth-order valence-electron chi connectivity index (χ4n) is 2.96. The molecule has 0 spiro atoms. The van der Waals surface area contributed by atoms with Gasteiger partial charge in [-0.3, -0.25) is 4.79 Å². The maximum absolute atomic E-state index is 10.5. The van der Waals surface area contributed by atoms with Crippen LogP contribution in [-0.4, -0.2) is 34.2 Å². The molecule has 6 heteroatoms. The molecule has 0 aliphatic rings. The Bertz CT molecular complexity index is 924. The first-order chi connectivity index (χ1) is 14.1. The first-order valence-corrected chi connectivity index (χ1v) is 10.8. The highest BCUT2D eigenvalue weighted by molar-refractivity contribution is 7.99. The summed E-state index contributed by atoms with van der Waals surface area (Å²) in [6.07, 6.45) is 2.53. The van der Waals surface area contributed by atoms with Gasteiger partial charge in [0.1, 0.15) is 11.5 Å². The zero-order chi connectivity index (χ0) is 20.5. The van der Waals surface area contributed by atoms with E-state index in [4.69, 9.17) is 14.3 Å². The number of aliphatic carboxylic acids is 1. The summed E-state index contributed by atoms with van der Waals surface area (Å²) in [5.41, 5.74) is 3.08. The molecule has 0 bridgehead atoms. The third-order valence-corrected chi connectivity index (χ3v) is 5.43. The van der Waals surface area contributed by atoms with Crippen LogP contribution >= 0.6 is 11.8 Å². The third kappa shape index (κ3) is 6.68. The number of aryl methyl sites for hydroxylation is 2. The van der Waals surface area contributed by atoms with Gasteiger partial charge in [-0.05, 0) is 55.3 Å². The van der Waals surface area contributed by atoms with Crippen molar-refractivity contribution in [3.8, 4) is 17.2 Å². The average Bonchev–Trinajstić information content (AvgIpc) is 3.09. The summed E-state index contributed by atoms with van der Waals surface area (Å²) in [5.74, 6) is 2.54. The molecule has 1 aromatic heterocycles. The Morgan fingerprint density at radius 1 is 1.14 bits per heavy atom. The molecule has 0 unspecified atom stereocenters. The quantitative estimate of drug-likeness (QED) is 0.447. The molecule has 0 saturated heterocycles. The molecular weight excluding hydrogens is 386 g/mol. The minimum atomic E-state index is -0.761. The fourth-order valence-corrected chi connectivity index (χ4v) is 3.63. The largest absolute Gasteiger partial charge is 0.493 e. The summed E-state index contributed by atoms with van der Waals surface area (Å²) in [5, 5.41) is 8.66. The molecule has 2 aromatic carbocycles. The van der Waals surface area contributed by atoms with Gasteiger partial charge < -0.3 is 14.3 Å². The number of carboxylic acid groups (broad SMARTS) is 1. The summed E-state index contributed by atoms with van der Waals surface area (Å²) in [6.45, 7) is 2.46. The lowest BCUT2D eigenvalue weighted by Crippen LogP contribution is -2.03. The zero-order valence-corrected chi connectivity index (χ0v) is 17.3. The van der Waals surface area contributed by atoms with E-state index in [-0.39, 0.29) is 5.75 Å². The second kappa shape index (κ2) is 10.7. The minimum absolute atomic E-state index is 0.163. The summed E-state index contributed by atoms with van der Waals surface area (Å²) in [7, 11) is 0. The van der Waals surface area contributed by atoms with E-state index in [0.717, 1.165) is 41.4 Å². The van der Waals surface area contributed by atoms with Crippen molar-refractivity contribution in [2.45, 2.75) is 26.2 Å². The maximum Gasteiger partial charge on any atom is 0.313 e. The third-order valence-electron chi connectivity index (χ3n) is 4.40. The number of oxazole rings is 1. The van der Waals surface area contributed by atoms with E-state index in [1.165, 1.54) is 17.3 Å². The highest BCUT2D eigenvalue weighted by atomic mass is 32.2. The van der Waals surface area contributed by atoms with Crippen LogP contribution in [0.2, 0.25) is 0 Å². The maximum atomic E-state index is 10.5. The number of aromatic nitrogens is 1. The van der Waals surface area contributed by atoms with Crippen LogP contribution in [0.1, 0.15) is 23.4 Å². The van der Waals surface area contributed by atoms with Crippen molar-refractivity contribution in [3.63, 3.8) is 0 Å². The van der Waals surface area contributed by atoms with Gasteiger partial charge >= 0.3 is 5.97 Å². The van der Waals surface area contributed by atoms with Gasteiger partial charge in [0.25, 0.3) is 0 Å². The molecule has 0 saturated carbocycles. The normalized spacial score (nSPS) is 10.8. The molecule has 1 heterocycles. The van der Waals surface area contributed by atoms with Gasteiger partial charge in [0.2, 0.25) is 5.89 Å². The lowest BCUT2D eigenvalue weighted by molar-refractivity contribution is -0.133. The van der Waals surface area contributed by atoms with E-state index in [1.54, 1.807) is 0 Å². The summed E-state index contributed by atoms with van der Waals surface area (Å²) in [4.78, 5) is 15.1. The number of thioether (sulfide) groups is 1. The van der Waals surface area contributed by atoms with Gasteiger partial charge in [0, 0.05) is 12.0 Å². The lowest BCUT2D eigenvalue weighted by atomic mass is 10.1. The molecule has 0 fully saturated rings. The molecule has 5 nitrogen and oxygen atoms in total. The van der Waals surface area contributed by atoms with Crippen LogP contribution in [0.3, 0.4) is 0 Å². The summed E-state index contributed by atoms with van der Waals surface area (Å²) < 4.78 is 11.7. The number of benzene rings is 2. The van der Waals surface area contributed by atoms with Crippen LogP contribution in [0, 0.1) is 6.92 Å². The molecule has 3 rings (SSSR count). The number of hydrogen-bond acceptors (Lipinski definition) is 5. The smallest absolute Gasteiger partial charge is 0.313 e. The Kier molecular flexibility index (Phi) is 7.76. The molecule has 1 N–H and O–H groups in total. The predicted octanol–water partition coefficient (Wildman–Crippen LogP) is 5.02. The number of nitrogens with zero attached hydrogens (tertiary/aromatic N) is 1. The summed E-state index contributed by atoms with van der Waals surface area (Å²) in [6, 6.07) is 17.9. The zero-order valence-electron chi connectivity index (χ0n) is 16.5. The number of hydrogen-bond donors (Lipinski definition) is 1. The predicted molar refractivity (Wildman–Crippen MR) is 116 cm³/mol. The topological polar surface area (TPSA) is 72.6 Å². The van der Waals surface area contributed by atoms with Crippen molar-refractivity contribution in [2.24, 2.45) is 0 Å². The lowest BCUT2D eigenvalue weighted by Gasteiger charge is -2.07. The van der Waals surface area contributed by atoms with Crippen molar-refractivity contribution in [1.29, 1.82) is 0 Å². The highest BCUT2D eigenvalue weighted by Gasteiger charge is 2.11. The van der Waals surface area contributed by atoms with Crippen molar-refractivity contribution < 1.29 is 19.1 Å². The molecule has 29 heavy (non-hydrogen) atoms. The van der Waals surface area contributed by atoms with Crippen LogP contribution < -0.4 is 4.74 Å². The van der Waals surface area contributed by atoms with E-state index in [2.05, 4.69) is 11.1 Å². The molecule has 0 radical (unpaired) electrons. The number of rotatable bonds is 11. The van der Waals surface area contributed by atoms with Crippen LogP contribution in [-0.2, 0) is 17.6 Å². The van der Waals surface area contributed by atoms with Gasteiger partial charge in [0.05, 0.1) is 18.1 Å². The van der Waals surface area contributed by atoms with Crippen molar-refractivity contribution in [2.75, 3.05) is 18.1 Å². The van der Waals surface area contributed by atoms with Crippen LogP contribution in [0.4, 0.5) is 0 Å². The van der Waals surface area contributed by atoms with E-state index in [9.17, 15) is 4.79 Å². The second-order valence-corrected chi connectivity index (χ2v) is 7.79. The standard InChI is InChI=1S/C23H25NO4S/c1-17-21(24-23(28-17)19-9-3-2-4-10-19)12-13-27-20-11-5-7-18(15-20)8-6-14-29-16-22(25)26/h2-5,7,9-11,15H,6,8,12-14,16H2,1H3,(H,25,26). The van der Waals surface area contributed by atoms with Gasteiger partial charge in [-0.2, -0.15) is 11.8 Å². The average molecular weight is 412 g/mol. The number of carbonyl (C=O) groups is 1. The molecule has 0 aliphatic carbocycles. The fraction of sp³-hybridized carbons (Fsp3) is 0.304. The Labute approximate surface area is 175 Å². The van der Waals surface area contributed by atoms with E-state index < -0.39 is 5.97 Å². The molecule has 0 atom stereocenters. The van der Waals surface area contributed by atoms with Gasteiger partial charge in [-0.1, -0.05) is 30.3 Å². The molecule has 3 aromatic rings.